The lowest BCUT2D eigenvalue weighted by Gasteiger charge is -2.15. The normalized spacial score (nSPS) is 14.1. The van der Waals surface area contributed by atoms with Gasteiger partial charge in [-0.25, -0.2) is 8.78 Å². The molecule has 0 radical (unpaired) electrons. The maximum atomic E-state index is 14.0. The van der Waals surface area contributed by atoms with Crippen molar-refractivity contribution < 1.29 is 18.4 Å². The Balaban J connectivity index is 1.72. The van der Waals surface area contributed by atoms with Crippen molar-refractivity contribution in [1.82, 2.24) is 4.90 Å². The number of nitrogens with zero attached hydrogens (tertiary/aromatic N) is 1. The summed E-state index contributed by atoms with van der Waals surface area (Å²) in [5.74, 6) is -2.06. The van der Waals surface area contributed by atoms with Crippen LogP contribution in [0.4, 0.5) is 14.5 Å². The molecule has 7 heteroatoms. The molecular formula is C21H14F2N2O2S. The predicted octanol–water partition coefficient (Wildman–Crippen LogP) is 4.42. The van der Waals surface area contributed by atoms with E-state index in [-0.39, 0.29) is 23.4 Å². The fourth-order valence-electron chi connectivity index (χ4n) is 2.99. The van der Waals surface area contributed by atoms with Crippen LogP contribution < -0.4 is 5.32 Å². The van der Waals surface area contributed by atoms with Crippen LogP contribution in [-0.4, -0.2) is 16.7 Å². The highest BCUT2D eigenvalue weighted by molar-refractivity contribution is 7.11. The number of carbonyl (C=O) groups excluding carboxylic acids is 2. The van der Waals surface area contributed by atoms with Crippen LogP contribution in [-0.2, 0) is 16.1 Å². The summed E-state index contributed by atoms with van der Waals surface area (Å²) in [6.45, 7) is -0.187. The van der Waals surface area contributed by atoms with Crippen molar-refractivity contribution in [3.63, 3.8) is 0 Å². The highest BCUT2D eigenvalue weighted by Crippen LogP contribution is 2.33. The van der Waals surface area contributed by atoms with Gasteiger partial charge in [-0.05, 0) is 35.7 Å². The molecule has 4 nitrogen and oxygen atoms in total. The molecule has 28 heavy (non-hydrogen) atoms. The molecule has 0 saturated carbocycles. The average molecular weight is 396 g/mol. The molecule has 0 bridgehead atoms. The molecule has 1 aromatic heterocycles. The number of rotatable bonds is 5. The van der Waals surface area contributed by atoms with E-state index in [0.717, 1.165) is 4.90 Å². The quantitative estimate of drug-likeness (QED) is 0.650. The molecule has 0 spiro atoms. The van der Waals surface area contributed by atoms with Gasteiger partial charge >= 0.3 is 0 Å². The standard InChI is InChI=1S/C21H14F2N2O2S/c22-14-6-3-7-15(11-14)24-19-18(17-9-4-10-28-17)20(26)25(21(19)27)12-13-5-1-2-8-16(13)23/h1-11,24H,12H2. The first-order valence-electron chi connectivity index (χ1n) is 8.45. The zero-order valence-corrected chi connectivity index (χ0v) is 15.3. The molecule has 3 aromatic rings. The third-order valence-corrected chi connectivity index (χ3v) is 5.20. The second-order valence-corrected chi connectivity index (χ2v) is 7.10. The Bertz CT molecular complexity index is 1090. The lowest BCUT2D eigenvalue weighted by Crippen LogP contribution is -2.32. The molecule has 1 aliphatic heterocycles. The molecule has 0 unspecified atom stereocenters. The Morgan fingerprint density at radius 3 is 2.46 bits per heavy atom. The largest absolute Gasteiger partial charge is 0.350 e. The summed E-state index contributed by atoms with van der Waals surface area (Å²) in [6.07, 6.45) is 0. The molecule has 2 aromatic carbocycles. The van der Waals surface area contributed by atoms with Crippen molar-refractivity contribution in [3.8, 4) is 0 Å². The lowest BCUT2D eigenvalue weighted by atomic mass is 10.1. The minimum absolute atomic E-state index is 0.0504. The summed E-state index contributed by atoms with van der Waals surface area (Å²) in [5.41, 5.74) is 0.828. The maximum Gasteiger partial charge on any atom is 0.278 e. The smallest absolute Gasteiger partial charge is 0.278 e. The van der Waals surface area contributed by atoms with E-state index in [1.807, 2.05) is 0 Å². The number of amides is 2. The van der Waals surface area contributed by atoms with Gasteiger partial charge in [0.25, 0.3) is 11.8 Å². The van der Waals surface area contributed by atoms with Gasteiger partial charge in [-0.2, -0.15) is 0 Å². The first-order valence-corrected chi connectivity index (χ1v) is 9.33. The number of hydrogen-bond acceptors (Lipinski definition) is 4. The Kier molecular flexibility index (Phi) is 4.75. The number of hydrogen-bond donors (Lipinski definition) is 1. The van der Waals surface area contributed by atoms with Gasteiger partial charge in [0.05, 0.1) is 12.1 Å². The van der Waals surface area contributed by atoms with Crippen LogP contribution in [0.2, 0.25) is 0 Å². The van der Waals surface area contributed by atoms with Gasteiger partial charge in [-0.3, -0.25) is 14.5 Å². The summed E-state index contributed by atoms with van der Waals surface area (Å²) < 4.78 is 27.6. The predicted molar refractivity (Wildman–Crippen MR) is 103 cm³/mol. The van der Waals surface area contributed by atoms with Crippen molar-refractivity contribution in [3.05, 3.63) is 93.8 Å². The van der Waals surface area contributed by atoms with Crippen molar-refractivity contribution in [2.75, 3.05) is 5.32 Å². The highest BCUT2D eigenvalue weighted by Gasteiger charge is 2.40. The first-order chi connectivity index (χ1) is 13.5. The molecule has 140 valence electrons. The minimum Gasteiger partial charge on any atom is -0.350 e. The van der Waals surface area contributed by atoms with Crippen molar-refractivity contribution in [1.29, 1.82) is 0 Å². The fourth-order valence-corrected chi connectivity index (χ4v) is 3.76. The van der Waals surface area contributed by atoms with Crippen LogP contribution in [0, 0.1) is 11.6 Å². The molecular weight excluding hydrogens is 382 g/mol. The molecule has 0 saturated heterocycles. The fraction of sp³-hybridized carbons (Fsp3) is 0.0476. The zero-order valence-electron chi connectivity index (χ0n) is 14.5. The van der Waals surface area contributed by atoms with E-state index >= 15 is 0 Å². The van der Waals surface area contributed by atoms with E-state index in [0.29, 0.717) is 10.6 Å². The minimum atomic E-state index is -0.582. The first kappa shape index (κ1) is 18.1. The third kappa shape index (κ3) is 3.32. The molecule has 0 aliphatic carbocycles. The topological polar surface area (TPSA) is 49.4 Å². The number of anilines is 1. The van der Waals surface area contributed by atoms with Gasteiger partial charge in [0.15, 0.2) is 0 Å². The van der Waals surface area contributed by atoms with Crippen LogP contribution >= 0.6 is 11.3 Å². The second kappa shape index (κ2) is 7.36. The van der Waals surface area contributed by atoms with Crippen LogP contribution in [0.5, 0.6) is 0 Å². The summed E-state index contributed by atoms with van der Waals surface area (Å²) in [4.78, 5) is 27.6. The maximum absolute atomic E-state index is 14.0. The Morgan fingerprint density at radius 1 is 0.929 bits per heavy atom. The average Bonchev–Trinajstić information content (AvgIpc) is 3.27. The van der Waals surface area contributed by atoms with Gasteiger partial charge in [-0.1, -0.05) is 30.3 Å². The molecule has 2 amide bonds. The zero-order chi connectivity index (χ0) is 19.7. The van der Waals surface area contributed by atoms with Crippen molar-refractivity contribution in [2.45, 2.75) is 6.54 Å². The monoisotopic (exact) mass is 396 g/mol. The Labute approximate surface area is 163 Å². The van der Waals surface area contributed by atoms with Gasteiger partial charge in [0.2, 0.25) is 0 Å². The van der Waals surface area contributed by atoms with Crippen LogP contribution in [0.25, 0.3) is 5.57 Å². The highest BCUT2D eigenvalue weighted by atomic mass is 32.1. The number of imide groups is 1. The molecule has 1 N–H and O–H groups in total. The van der Waals surface area contributed by atoms with Crippen LogP contribution in [0.15, 0.2) is 71.7 Å². The SMILES string of the molecule is O=C1C(Nc2cccc(F)c2)=C(c2cccs2)C(=O)N1Cc1ccccc1F. The number of thiophene rings is 1. The number of nitrogens with one attached hydrogen (secondary N) is 1. The van der Waals surface area contributed by atoms with Crippen molar-refractivity contribution in [2.24, 2.45) is 0 Å². The van der Waals surface area contributed by atoms with Crippen LogP contribution in [0.3, 0.4) is 0 Å². The molecule has 0 atom stereocenters. The van der Waals surface area contributed by atoms with Gasteiger partial charge in [0, 0.05) is 16.1 Å². The summed E-state index contributed by atoms with van der Waals surface area (Å²) in [5, 5.41) is 4.66. The Morgan fingerprint density at radius 2 is 1.75 bits per heavy atom. The third-order valence-electron chi connectivity index (χ3n) is 4.32. The van der Waals surface area contributed by atoms with Gasteiger partial charge in [-0.15, -0.1) is 11.3 Å². The second-order valence-electron chi connectivity index (χ2n) is 6.15. The van der Waals surface area contributed by atoms with Crippen molar-refractivity contribution >= 4 is 34.4 Å². The van der Waals surface area contributed by atoms with Crippen LogP contribution in [0.1, 0.15) is 10.4 Å². The van der Waals surface area contributed by atoms with E-state index in [9.17, 15) is 18.4 Å². The summed E-state index contributed by atoms with van der Waals surface area (Å²) in [7, 11) is 0. The van der Waals surface area contributed by atoms with E-state index in [1.54, 1.807) is 35.7 Å². The number of carbonyl (C=O) groups is 2. The molecule has 4 rings (SSSR count). The Hall–Kier alpha value is -3.32. The van der Waals surface area contributed by atoms with Gasteiger partial charge < -0.3 is 5.32 Å². The van der Waals surface area contributed by atoms with Gasteiger partial charge in [0.1, 0.15) is 17.3 Å². The molecule has 1 aliphatic rings. The molecule has 2 heterocycles. The lowest BCUT2D eigenvalue weighted by molar-refractivity contribution is -0.137. The van der Waals surface area contributed by atoms with E-state index in [2.05, 4.69) is 5.32 Å². The number of benzene rings is 2. The van der Waals surface area contributed by atoms with E-state index in [4.69, 9.17) is 0 Å². The summed E-state index contributed by atoms with van der Waals surface area (Å²) >= 11 is 1.31. The number of halogens is 2. The van der Waals surface area contributed by atoms with E-state index in [1.165, 1.54) is 41.7 Å². The molecule has 0 fully saturated rings. The van der Waals surface area contributed by atoms with E-state index < -0.39 is 23.4 Å². The summed E-state index contributed by atoms with van der Waals surface area (Å²) in [6, 6.07) is 15.1.